The number of amides is 1. The maximum Gasteiger partial charge on any atom is 0.434 e. The Morgan fingerprint density at radius 3 is 1.97 bits per heavy atom. The fourth-order valence-corrected chi connectivity index (χ4v) is 2.94. The van der Waals surface area contributed by atoms with Gasteiger partial charge in [0.25, 0.3) is 11.9 Å². The lowest BCUT2D eigenvalue weighted by Crippen LogP contribution is -2.32. The van der Waals surface area contributed by atoms with Crippen molar-refractivity contribution in [2.24, 2.45) is 0 Å². The van der Waals surface area contributed by atoms with Crippen molar-refractivity contribution in [3.05, 3.63) is 96.1 Å². The van der Waals surface area contributed by atoms with E-state index in [1.807, 2.05) is 0 Å². The van der Waals surface area contributed by atoms with Gasteiger partial charge in [-0.25, -0.2) is 9.97 Å². The normalized spacial score (nSPS) is 11.5. The Labute approximate surface area is 173 Å². The van der Waals surface area contributed by atoms with Crippen molar-refractivity contribution in [2.45, 2.75) is 12.2 Å². The smallest absolute Gasteiger partial charge is 0.338 e. The molecule has 0 unspecified atom stereocenters. The highest BCUT2D eigenvalue weighted by atomic mass is 19.4. The van der Waals surface area contributed by atoms with Gasteiger partial charge in [0.1, 0.15) is 6.04 Å². The Kier molecular flexibility index (Phi) is 5.39. The van der Waals surface area contributed by atoms with Crippen LogP contribution in [0.25, 0.3) is 5.95 Å². The van der Waals surface area contributed by atoms with Crippen LogP contribution in [0.4, 0.5) is 13.2 Å². The number of pyridine rings is 2. The van der Waals surface area contributed by atoms with Crippen molar-refractivity contribution in [1.82, 2.24) is 35.0 Å². The van der Waals surface area contributed by atoms with Crippen LogP contribution in [0.15, 0.2) is 73.4 Å². The predicted molar refractivity (Wildman–Crippen MR) is 102 cm³/mol. The van der Waals surface area contributed by atoms with Gasteiger partial charge in [-0.05, 0) is 30.3 Å². The predicted octanol–water partition coefficient (Wildman–Crippen LogP) is 2.99. The van der Waals surface area contributed by atoms with E-state index in [-0.39, 0.29) is 5.95 Å². The quantitative estimate of drug-likeness (QED) is 0.528. The van der Waals surface area contributed by atoms with Crippen molar-refractivity contribution < 1.29 is 18.0 Å². The molecular formula is C20H14F3N7O. The molecule has 0 aliphatic carbocycles. The summed E-state index contributed by atoms with van der Waals surface area (Å²) in [6.45, 7) is 0. The summed E-state index contributed by atoms with van der Waals surface area (Å²) in [6.07, 6.45) is 1.55. The molecule has 4 aromatic heterocycles. The molecule has 0 aromatic carbocycles. The molecule has 1 amide bonds. The molecule has 4 heterocycles. The zero-order chi connectivity index (χ0) is 21.8. The van der Waals surface area contributed by atoms with E-state index in [1.54, 1.807) is 36.4 Å². The highest BCUT2D eigenvalue weighted by Crippen LogP contribution is 2.33. The van der Waals surface area contributed by atoms with Gasteiger partial charge >= 0.3 is 6.18 Å². The average molecular weight is 425 g/mol. The van der Waals surface area contributed by atoms with E-state index in [4.69, 9.17) is 0 Å². The number of nitrogens with one attached hydrogen (secondary N) is 1. The van der Waals surface area contributed by atoms with E-state index in [1.165, 1.54) is 30.9 Å². The molecule has 0 atom stereocenters. The van der Waals surface area contributed by atoms with Crippen LogP contribution < -0.4 is 5.32 Å². The maximum atomic E-state index is 13.9. The van der Waals surface area contributed by atoms with Gasteiger partial charge in [-0.15, -0.1) is 0 Å². The molecule has 1 N–H and O–H groups in total. The zero-order valence-corrected chi connectivity index (χ0v) is 15.7. The Morgan fingerprint density at radius 2 is 1.45 bits per heavy atom. The van der Waals surface area contributed by atoms with E-state index in [0.29, 0.717) is 16.1 Å². The number of hydrogen-bond donors (Lipinski definition) is 1. The van der Waals surface area contributed by atoms with Crippen molar-refractivity contribution in [2.75, 3.05) is 0 Å². The second-order valence-electron chi connectivity index (χ2n) is 6.28. The molecule has 4 aromatic rings. The summed E-state index contributed by atoms with van der Waals surface area (Å²) < 4.78 is 42.0. The van der Waals surface area contributed by atoms with Crippen LogP contribution in [-0.4, -0.2) is 35.6 Å². The topological polar surface area (TPSA) is 98.5 Å². The minimum Gasteiger partial charge on any atom is -0.338 e. The maximum absolute atomic E-state index is 13.9. The first-order valence-corrected chi connectivity index (χ1v) is 9.00. The third-order valence-corrected chi connectivity index (χ3v) is 4.27. The molecule has 0 bridgehead atoms. The lowest BCUT2D eigenvalue weighted by Gasteiger charge is -2.18. The van der Waals surface area contributed by atoms with E-state index in [0.717, 1.165) is 6.20 Å². The molecule has 0 aliphatic heterocycles. The number of rotatable bonds is 5. The molecule has 0 aliphatic rings. The minimum atomic E-state index is -4.88. The first-order chi connectivity index (χ1) is 14.9. The first kappa shape index (κ1) is 20.1. The van der Waals surface area contributed by atoms with Crippen LogP contribution in [0.5, 0.6) is 0 Å². The van der Waals surface area contributed by atoms with Gasteiger partial charge in [-0.1, -0.05) is 12.1 Å². The standard InChI is InChI=1S/C20H14F3N7O/c21-20(22,23)17-13(12-28-30(17)19-26-10-5-11-27-19)18(31)29-16(14-6-1-3-8-24-14)15-7-2-4-9-25-15/h1-12,16H,(H,29,31). The second-order valence-corrected chi connectivity index (χ2v) is 6.28. The van der Waals surface area contributed by atoms with Crippen molar-refractivity contribution in [3.8, 4) is 5.95 Å². The number of halogens is 3. The molecule has 4 rings (SSSR count). The summed E-state index contributed by atoms with van der Waals surface area (Å²) in [5.74, 6) is -1.30. The molecule has 0 radical (unpaired) electrons. The molecule has 31 heavy (non-hydrogen) atoms. The highest BCUT2D eigenvalue weighted by Gasteiger charge is 2.41. The van der Waals surface area contributed by atoms with Crippen LogP contribution >= 0.6 is 0 Å². The molecule has 0 saturated heterocycles. The third-order valence-electron chi connectivity index (χ3n) is 4.27. The monoisotopic (exact) mass is 425 g/mol. The summed E-state index contributed by atoms with van der Waals surface area (Å²) >= 11 is 0. The molecular weight excluding hydrogens is 411 g/mol. The van der Waals surface area contributed by atoms with E-state index in [2.05, 4.69) is 30.4 Å². The summed E-state index contributed by atoms with van der Waals surface area (Å²) in [6, 6.07) is 10.7. The summed E-state index contributed by atoms with van der Waals surface area (Å²) in [4.78, 5) is 28.9. The number of nitrogens with zero attached hydrogens (tertiary/aromatic N) is 6. The minimum absolute atomic E-state index is 0.306. The molecule has 0 fully saturated rings. The Bertz CT molecular complexity index is 1130. The summed E-state index contributed by atoms with van der Waals surface area (Å²) in [5.41, 5.74) is -1.11. The Balaban J connectivity index is 1.74. The largest absolute Gasteiger partial charge is 0.434 e. The highest BCUT2D eigenvalue weighted by molar-refractivity contribution is 5.95. The lowest BCUT2D eigenvalue weighted by atomic mass is 10.1. The number of carbonyl (C=O) groups excluding carboxylic acids is 1. The molecule has 0 saturated carbocycles. The number of hydrogen-bond acceptors (Lipinski definition) is 6. The van der Waals surface area contributed by atoms with Crippen molar-refractivity contribution in [3.63, 3.8) is 0 Å². The molecule has 0 spiro atoms. The van der Waals surface area contributed by atoms with Crippen molar-refractivity contribution >= 4 is 5.91 Å². The van der Waals surface area contributed by atoms with E-state index >= 15 is 0 Å². The van der Waals surface area contributed by atoms with Crippen LogP contribution in [-0.2, 0) is 6.18 Å². The van der Waals surface area contributed by atoms with E-state index < -0.39 is 29.4 Å². The zero-order valence-electron chi connectivity index (χ0n) is 15.7. The van der Waals surface area contributed by atoms with Gasteiger partial charge < -0.3 is 5.32 Å². The van der Waals surface area contributed by atoms with Gasteiger partial charge in [0.2, 0.25) is 0 Å². The van der Waals surface area contributed by atoms with Crippen LogP contribution in [0.1, 0.15) is 33.5 Å². The van der Waals surface area contributed by atoms with Crippen LogP contribution in [0.3, 0.4) is 0 Å². The summed E-state index contributed by atoms with van der Waals surface area (Å²) in [5, 5.41) is 6.29. The van der Waals surface area contributed by atoms with Gasteiger partial charge in [0.15, 0.2) is 5.69 Å². The fourth-order valence-electron chi connectivity index (χ4n) is 2.94. The SMILES string of the molecule is O=C(NC(c1ccccn1)c1ccccn1)c1cnn(-c2ncccn2)c1C(F)(F)F. The molecule has 11 heteroatoms. The van der Waals surface area contributed by atoms with Crippen LogP contribution in [0, 0.1) is 0 Å². The van der Waals surface area contributed by atoms with Gasteiger partial charge in [-0.2, -0.15) is 23.0 Å². The van der Waals surface area contributed by atoms with E-state index in [9.17, 15) is 18.0 Å². The van der Waals surface area contributed by atoms with Gasteiger partial charge in [0.05, 0.1) is 23.1 Å². The Morgan fingerprint density at radius 1 is 0.871 bits per heavy atom. The first-order valence-electron chi connectivity index (χ1n) is 9.00. The average Bonchev–Trinajstić information content (AvgIpc) is 3.25. The number of aromatic nitrogens is 6. The number of alkyl halides is 3. The molecule has 8 nitrogen and oxygen atoms in total. The van der Waals surface area contributed by atoms with Crippen LogP contribution in [0.2, 0.25) is 0 Å². The van der Waals surface area contributed by atoms with Gasteiger partial charge in [0, 0.05) is 24.8 Å². The number of carbonyl (C=O) groups is 1. The Hall–Kier alpha value is -4.15. The van der Waals surface area contributed by atoms with Crippen molar-refractivity contribution in [1.29, 1.82) is 0 Å². The molecule has 156 valence electrons. The second kappa shape index (κ2) is 8.30. The summed E-state index contributed by atoms with van der Waals surface area (Å²) in [7, 11) is 0. The van der Waals surface area contributed by atoms with Gasteiger partial charge in [-0.3, -0.25) is 14.8 Å². The third kappa shape index (κ3) is 4.25. The lowest BCUT2D eigenvalue weighted by molar-refractivity contribution is -0.143. The fraction of sp³-hybridized carbons (Fsp3) is 0.100.